The number of rotatable bonds is 46. The number of carbonyl (C=O) groups is 5. The summed E-state index contributed by atoms with van der Waals surface area (Å²) in [5, 5.41) is 43.0. The van der Waals surface area contributed by atoms with Crippen LogP contribution in [0.4, 0.5) is 17.1 Å². The topological polar surface area (TPSA) is 398 Å². The SMILES string of the molecule is Cc1nn(-c2ccc(C(N)=O)c(NCCCOCCOCCOCCOCCOCCCN)c2)c2c1C(=O)CC(C)(C)C2.Cc1nn(-c2ccc(C(N)=O)c(NCCCOCCOCCOCCOCCOCCCNC(=S)Nc3ccc4c(c3)C(=O)OC43c4ccc(O)cc4Oc4cc(O)ccc43)c2)c2c1C(=O)CC(C)(C)C2. The fourth-order valence-electron chi connectivity index (χ4n) is 14.0. The lowest BCUT2D eigenvalue weighted by Gasteiger charge is -2.36. The number of benzene rings is 5. The lowest BCUT2D eigenvalue weighted by Crippen LogP contribution is -2.33. The van der Waals surface area contributed by atoms with Gasteiger partial charge < -0.3 is 106 Å². The second kappa shape index (κ2) is 42.2. The summed E-state index contributed by atoms with van der Waals surface area (Å²) in [6, 6.07) is 25.3. The Labute approximate surface area is 669 Å². The average Bonchev–Trinajstić information content (AvgIpc) is 1.37. The van der Waals surface area contributed by atoms with Crippen molar-refractivity contribution in [3.8, 4) is 34.4 Å². The van der Waals surface area contributed by atoms with E-state index in [2.05, 4.69) is 54.1 Å². The van der Waals surface area contributed by atoms with Crippen LogP contribution in [-0.2, 0) is 70.5 Å². The van der Waals surface area contributed by atoms with Crippen LogP contribution in [0.3, 0.4) is 0 Å². The van der Waals surface area contributed by atoms with E-state index in [0.717, 1.165) is 54.1 Å². The van der Waals surface area contributed by atoms with Gasteiger partial charge in [-0.05, 0) is 155 Å². The number of aromatic hydroxyl groups is 2. The first-order valence-corrected chi connectivity index (χ1v) is 39.2. The maximum atomic E-state index is 13.4. The van der Waals surface area contributed by atoms with Crippen molar-refractivity contribution in [2.45, 2.75) is 98.5 Å². The Morgan fingerprint density at radius 3 is 1.26 bits per heavy atom. The molecule has 0 saturated heterocycles. The zero-order valence-electron chi connectivity index (χ0n) is 66.1. The van der Waals surface area contributed by atoms with Gasteiger partial charge in [0, 0.05) is 105 Å². The van der Waals surface area contributed by atoms with Gasteiger partial charge in [-0.1, -0.05) is 33.8 Å². The summed E-state index contributed by atoms with van der Waals surface area (Å²) < 4.78 is 71.5. The summed E-state index contributed by atoms with van der Waals surface area (Å²) in [5.74, 6) is -0.762. The van der Waals surface area contributed by atoms with E-state index in [1.165, 1.54) is 24.3 Å². The molecule has 616 valence electrons. The van der Waals surface area contributed by atoms with E-state index in [1.807, 2.05) is 47.5 Å². The molecule has 11 rings (SSSR count). The number of nitrogens with two attached hydrogens (primary N) is 3. The predicted molar refractivity (Wildman–Crippen MR) is 431 cm³/mol. The minimum absolute atomic E-state index is 0.0142. The highest BCUT2D eigenvalue weighted by molar-refractivity contribution is 7.80. The number of aromatic nitrogens is 4. The molecule has 4 heterocycles. The third-order valence-electron chi connectivity index (χ3n) is 19.3. The molecule has 0 saturated carbocycles. The van der Waals surface area contributed by atoms with Crippen molar-refractivity contribution in [2.24, 2.45) is 28.0 Å². The Morgan fingerprint density at radius 2 is 0.868 bits per heavy atom. The number of ether oxygens (including phenoxy) is 12. The minimum atomic E-state index is -1.34. The summed E-state index contributed by atoms with van der Waals surface area (Å²) in [4.78, 5) is 63.4. The van der Waals surface area contributed by atoms with E-state index in [-0.39, 0.29) is 33.9 Å². The Bertz CT molecular complexity index is 4400. The van der Waals surface area contributed by atoms with Crippen molar-refractivity contribution < 1.29 is 91.0 Å². The molecule has 12 N–H and O–H groups in total. The van der Waals surface area contributed by atoms with E-state index in [4.69, 9.17) is 91.4 Å². The molecule has 2 aliphatic carbocycles. The summed E-state index contributed by atoms with van der Waals surface area (Å²) >= 11 is 5.51. The monoisotopic (exact) mass is 1600 g/mol. The van der Waals surface area contributed by atoms with Crippen LogP contribution in [0.25, 0.3) is 11.4 Å². The highest BCUT2D eigenvalue weighted by Gasteiger charge is 2.54. The van der Waals surface area contributed by atoms with Crippen LogP contribution >= 0.6 is 12.2 Å². The zero-order valence-corrected chi connectivity index (χ0v) is 66.9. The van der Waals surface area contributed by atoms with Gasteiger partial charge in [0.25, 0.3) is 11.8 Å². The molecule has 0 unspecified atom stereocenters. The molecule has 2 amide bonds. The van der Waals surface area contributed by atoms with Crippen molar-refractivity contribution >= 4 is 63.7 Å². The average molecular weight is 1600 g/mol. The molecular formula is C83H109N11O19S. The van der Waals surface area contributed by atoms with Gasteiger partial charge >= 0.3 is 5.97 Å². The van der Waals surface area contributed by atoms with Gasteiger partial charge in [0.2, 0.25) is 0 Å². The Kier molecular flexibility index (Phi) is 32.2. The van der Waals surface area contributed by atoms with Crippen molar-refractivity contribution in [3.05, 3.63) is 158 Å². The van der Waals surface area contributed by atoms with Crippen LogP contribution < -0.4 is 43.2 Å². The smallest absolute Gasteiger partial charge is 0.340 e. The number of nitrogens with one attached hydrogen (secondary N) is 4. The molecular weight excluding hydrogens is 1490 g/mol. The molecule has 0 fully saturated rings. The fraction of sp³-hybridized carbons (Fsp3) is 0.494. The predicted octanol–water partition coefficient (Wildman–Crippen LogP) is 9.34. The number of hydrogen-bond donors (Lipinski definition) is 9. The Hall–Kier alpha value is -9.48. The molecule has 31 heteroatoms. The quantitative estimate of drug-likeness (QED) is 0.00974. The van der Waals surface area contributed by atoms with E-state index >= 15 is 0 Å². The molecule has 2 aliphatic heterocycles. The standard InChI is InChI=1S/C52H60N6O12S.C31H49N5O7/c1-32-47-43(30-51(2,3)31-44(47)61)58(57-32)34-7-10-37(48(53)62)42(27-34)54-14-4-16-64-18-20-66-22-24-68-25-23-67-21-19-65-17-5-15-55-50(71)56-33-6-11-39-38(26-33)49(63)70-52(39)40-12-8-35(59)28-45(40)69-46-29-36(60)9-13-41(46)52;1-23-29-27(21-31(2,3)22-28(29)37)36(35-23)24-6-7-25(30(33)38)26(20-24)34-9-5-11-40-13-15-42-17-19-43-18-16-41-14-12-39-10-4-8-32/h6-13,26-29,54,59-60H,4-5,14-25,30-31H2,1-3H3,(H2,53,62)(H2,55,56,71);6-7,20,34H,4-5,8-19,21-22,32H2,1-3H3,(H2,33,38). The van der Waals surface area contributed by atoms with Crippen LogP contribution in [0.15, 0.2) is 91.0 Å². The molecule has 114 heavy (non-hydrogen) atoms. The third-order valence-corrected chi connectivity index (χ3v) is 19.5. The minimum Gasteiger partial charge on any atom is -0.508 e. The number of phenolic OH excluding ortho intramolecular Hbond substituents is 2. The number of ketones is 2. The normalized spacial score (nSPS) is 14.5. The number of anilines is 3. The maximum Gasteiger partial charge on any atom is 0.340 e. The van der Waals surface area contributed by atoms with Crippen LogP contribution in [0.5, 0.6) is 23.0 Å². The maximum absolute atomic E-state index is 13.4. The zero-order chi connectivity index (χ0) is 81.2. The molecule has 7 aromatic rings. The van der Waals surface area contributed by atoms with Gasteiger partial charge in [-0.15, -0.1) is 0 Å². The number of primary amides is 2. The van der Waals surface area contributed by atoms with Crippen molar-refractivity contribution in [1.29, 1.82) is 0 Å². The van der Waals surface area contributed by atoms with Crippen LogP contribution in [0, 0.1) is 24.7 Å². The summed E-state index contributed by atoms with van der Waals surface area (Å²) in [6.45, 7) is 24.2. The van der Waals surface area contributed by atoms with E-state index in [9.17, 15) is 34.2 Å². The number of amides is 2. The van der Waals surface area contributed by atoms with E-state index in [0.29, 0.717) is 268 Å². The molecule has 1 spiro atoms. The summed E-state index contributed by atoms with van der Waals surface area (Å²) in [5.41, 5.74) is 25.9. The number of thiocarbonyl (C=S) groups is 1. The molecule has 0 radical (unpaired) electrons. The van der Waals surface area contributed by atoms with E-state index in [1.54, 1.807) is 42.5 Å². The second-order valence-corrected chi connectivity index (χ2v) is 30.0. The van der Waals surface area contributed by atoms with Gasteiger partial charge in [0.1, 0.15) is 23.0 Å². The summed E-state index contributed by atoms with van der Waals surface area (Å²) in [7, 11) is 0. The van der Waals surface area contributed by atoms with Crippen molar-refractivity contribution in [3.63, 3.8) is 0 Å². The number of aryl methyl sites for hydroxylation is 2. The lowest BCUT2D eigenvalue weighted by molar-refractivity contribution is -0.0110. The molecule has 0 atom stereocenters. The largest absolute Gasteiger partial charge is 0.508 e. The number of phenols is 2. The van der Waals surface area contributed by atoms with Gasteiger partial charge in [-0.2, -0.15) is 10.2 Å². The highest BCUT2D eigenvalue weighted by Crippen LogP contribution is 2.57. The van der Waals surface area contributed by atoms with Gasteiger partial charge in [-0.25, -0.2) is 14.2 Å². The fourth-order valence-corrected chi connectivity index (χ4v) is 14.3. The highest BCUT2D eigenvalue weighted by atomic mass is 32.1. The molecule has 5 aromatic carbocycles. The number of esters is 1. The molecule has 30 nitrogen and oxygen atoms in total. The van der Waals surface area contributed by atoms with Gasteiger partial charge in [-0.3, -0.25) is 19.2 Å². The van der Waals surface area contributed by atoms with Crippen LogP contribution in [0.1, 0.15) is 157 Å². The van der Waals surface area contributed by atoms with E-state index < -0.39 is 23.4 Å². The number of fused-ring (bicyclic) bond motifs is 8. The third kappa shape index (κ3) is 23.6. The first kappa shape index (κ1) is 86.9. The van der Waals surface area contributed by atoms with Gasteiger partial charge in [0.05, 0.1) is 168 Å². The number of Topliss-reactive ketones (excluding diaryl/α,β-unsaturated/α-hetero) is 2. The number of nitrogens with zero attached hydrogens (tertiary/aromatic N) is 4. The lowest BCUT2D eigenvalue weighted by atomic mass is 9.75. The van der Waals surface area contributed by atoms with Crippen molar-refractivity contribution in [1.82, 2.24) is 24.9 Å². The van der Waals surface area contributed by atoms with Crippen LogP contribution in [-0.4, -0.2) is 223 Å². The van der Waals surface area contributed by atoms with Crippen LogP contribution in [0.2, 0.25) is 0 Å². The number of carbonyl (C=O) groups excluding carboxylic acids is 5. The number of hydrogen-bond acceptors (Lipinski definition) is 25. The Morgan fingerprint density at radius 1 is 0.491 bits per heavy atom. The first-order chi connectivity index (χ1) is 55.0. The van der Waals surface area contributed by atoms with Gasteiger partial charge in [0.15, 0.2) is 22.3 Å². The second-order valence-electron chi connectivity index (χ2n) is 29.6. The first-order valence-electron chi connectivity index (χ1n) is 38.8. The van der Waals surface area contributed by atoms with Crippen molar-refractivity contribution in [2.75, 3.05) is 174 Å². The summed E-state index contributed by atoms with van der Waals surface area (Å²) in [6.07, 6.45) is 5.43. The molecule has 0 bridgehead atoms. The molecule has 4 aliphatic rings. The molecule has 2 aromatic heterocycles. The Balaban J connectivity index is 0.000000274.